The lowest BCUT2D eigenvalue weighted by Gasteiger charge is -2.35. The third-order valence-electron chi connectivity index (χ3n) is 6.60. The number of thioether (sulfide) groups is 1. The first-order chi connectivity index (χ1) is 15.0. The maximum atomic E-state index is 14.0. The highest BCUT2D eigenvalue weighted by Gasteiger charge is 2.60. The molecule has 3 aliphatic rings. The second-order valence-electron chi connectivity index (χ2n) is 8.37. The first kappa shape index (κ1) is 20.4. The number of rotatable bonds is 4. The predicted molar refractivity (Wildman–Crippen MR) is 118 cm³/mol. The molecule has 162 valence electrons. The Morgan fingerprint density at radius 3 is 2.77 bits per heavy atom. The van der Waals surface area contributed by atoms with Crippen LogP contribution < -0.4 is 9.64 Å². The Bertz CT molecular complexity index is 1040. The van der Waals surface area contributed by atoms with Crippen molar-refractivity contribution in [2.45, 2.75) is 37.1 Å². The number of hydrogen-bond donors (Lipinski definition) is 0. The van der Waals surface area contributed by atoms with E-state index in [4.69, 9.17) is 4.74 Å². The molecule has 0 aromatic heterocycles. The quantitative estimate of drug-likeness (QED) is 0.711. The van der Waals surface area contributed by atoms with E-state index in [0.717, 1.165) is 36.9 Å². The summed E-state index contributed by atoms with van der Waals surface area (Å²) in [5.41, 5.74) is 2.26. The molecule has 1 spiro atoms. The van der Waals surface area contributed by atoms with Gasteiger partial charge < -0.3 is 14.5 Å². The van der Waals surface area contributed by atoms with Gasteiger partial charge in [-0.1, -0.05) is 25.0 Å². The van der Waals surface area contributed by atoms with Crippen LogP contribution in [0.5, 0.6) is 5.75 Å². The number of amides is 2. The highest BCUT2D eigenvalue weighted by Crippen LogP contribution is 2.55. The summed E-state index contributed by atoms with van der Waals surface area (Å²) >= 11 is 1.52. The number of carbonyl (C=O) groups excluding carboxylic acids is 2. The fourth-order valence-corrected chi connectivity index (χ4v) is 6.57. The van der Waals surface area contributed by atoms with Gasteiger partial charge in [-0.15, -0.1) is 11.8 Å². The molecule has 31 heavy (non-hydrogen) atoms. The van der Waals surface area contributed by atoms with Crippen molar-refractivity contribution < 1.29 is 18.7 Å². The molecule has 1 saturated heterocycles. The van der Waals surface area contributed by atoms with Gasteiger partial charge in [-0.2, -0.15) is 0 Å². The van der Waals surface area contributed by atoms with Gasteiger partial charge in [0.1, 0.15) is 11.6 Å². The Morgan fingerprint density at radius 2 is 2.03 bits per heavy atom. The molecule has 0 radical (unpaired) electrons. The average Bonchev–Trinajstić information content (AvgIpc) is 3.51. The van der Waals surface area contributed by atoms with Crippen molar-refractivity contribution in [2.75, 3.05) is 24.3 Å². The second kappa shape index (κ2) is 7.86. The number of nitrogens with zero attached hydrogens (tertiary/aromatic N) is 2. The summed E-state index contributed by atoms with van der Waals surface area (Å²) in [7, 11) is 1.60. The molecular weight excluding hydrogens is 415 g/mol. The summed E-state index contributed by atoms with van der Waals surface area (Å²) in [6.07, 6.45) is 3.91. The van der Waals surface area contributed by atoms with Gasteiger partial charge in [0.15, 0.2) is 4.87 Å². The Morgan fingerprint density at radius 1 is 1.23 bits per heavy atom. The molecule has 5 rings (SSSR count). The van der Waals surface area contributed by atoms with Crippen LogP contribution in [0.15, 0.2) is 42.5 Å². The molecule has 0 N–H and O–H groups in total. The number of carbonyl (C=O) groups is 2. The van der Waals surface area contributed by atoms with Gasteiger partial charge >= 0.3 is 0 Å². The average molecular weight is 441 g/mol. The third-order valence-corrected chi connectivity index (χ3v) is 8.02. The molecule has 2 aromatic carbocycles. The zero-order valence-electron chi connectivity index (χ0n) is 17.5. The summed E-state index contributed by atoms with van der Waals surface area (Å²) in [6, 6.07) is 11.9. The van der Waals surface area contributed by atoms with Crippen molar-refractivity contribution >= 4 is 29.3 Å². The molecule has 1 aliphatic carbocycles. The second-order valence-corrected chi connectivity index (χ2v) is 9.66. The highest BCUT2D eigenvalue weighted by molar-refractivity contribution is 8.01. The van der Waals surface area contributed by atoms with E-state index >= 15 is 0 Å². The summed E-state index contributed by atoms with van der Waals surface area (Å²) in [5, 5.41) is 0. The number of anilines is 1. The maximum Gasteiger partial charge on any atom is 0.268 e. The van der Waals surface area contributed by atoms with E-state index in [-0.39, 0.29) is 30.1 Å². The first-order valence-electron chi connectivity index (χ1n) is 10.7. The molecule has 2 heterocycles. The smallest absolute Gasteiger partial charge is 0.268 e. The van der Waals surface area contributed by atoms with Crippen LogP contribution in [0.4, 0.5) is 10.1 Å². The minimum atomic E-state index is -1.07. The number of hydrogen-bond acceptors (Lipinski definition) is 4. The van der Waals surface area contributed by atoms with Crippen LogP contribution >= 0.6 is 11.8 Å². The van der Waals surface area contributed by atoms with Gasteiger partial charge in [-0.25, -0.2) is 4.39 Å². The van der Waals surface area contributed by atoms with Crippen LogP contribution in [0.3, 0.4) is 0 Å². The van der Waals surface area contributed by atoms with E-state index in [0.29, 0.717) is 23.6 Å². The summed E-state index contributed by atoms with van der Waals surface area (Å²) in [6.45, 7) is 0.805. The summed E-state index contributed by atoms with van der Waals surface area (Å²) in [5.74, 6) is 0.969. The van der Waals surface area contributed by atoms with E-state index in [1.807, 2.05) is 24.3 Å². The standard InChI is InChI=1S/C24H25FN2O3S/c1-30-19-9-10-21-20(14-19)24(23(29)26(21)15-16-5-4-8-18(25)13-16)27(11-12-31-24)22(28)17-6-2-3-7-17/h4-5,8-10,13-14,17H,2-3,6-7,11-12,15H2,1H3/t24-/m0/s1. The van der Waals surface area contributed by atoms with Crippen LogP contribution in [-0.2, 0) is 21.0 Å². The lowest BCUT2D eigenvalue weighted by atomic mass is 10.0. The number of fused-ring (bicyclic) bond motifs is 2. The highest BCUT2D eigenvalue weighted by atomic mass is 32.2. The Labute approximate surface area is 185 Å². The fraction of sp³-hybridized carbons (Fsp3) is 0.417. The first-order valence-corrected chi connectivity index (χ1v) is 11.7. The van der Waals surface area contributed by atoms with Crippen LogP contribution in [0.2, 0.25) is 0 Å². The van der Waals surface area contributed by atoms with Gasteiger partial charge in [0.25, 0.3) is 5.91 Å². The van der Waals surface area contributed by atoms with E-state index in [2.05, 4.69) is 0 Å². The van der Waals surface area contributed by atoms with Crippen molar-refractivity contribution in [3.05, 3.63) is 59.4 Å². The molecule has 0 bridgehead atoms. The molecule has 2 aromatic rings. The van der Waals surface area contributed by atoms with E-state index in [1.165, 1.54) is 23.9 Å². The molecule has 2 aliphatic heterocycles. The largest absolute Gasteiger partial charge is 0.497 e. The third kappa shape index (κ3) is 3.21. The SMILES string of the molecule is COc1ccc2c(c1)[C@]1(SCCN1C(=O)C1CCCC1)C(=O)N2Cc1cccc(F)c1. The van der Waals surface area contributed by atoms with Gasteiger partial charge in [0, 0.05) is 23.8 Å². The minimum Gasteiger partial charge on any atom is -0.497 e. The van der Waals surface area contributed by atoms with Gasteiger partial charge in [0.2, 0.25) is 5.91 Å². The van der Waals surface area contributed by atoms with Gasteiger partial charge in [-0.3, -0.25) is 9.59 Å². The van der Waals surface area contributed by atoms with E-state index in [1.54, 1.807) is 23.0 Å². The van der Waals surface area contributed by atoms with Gasteiger partial charge in [-0.05, 0) is 48.7 Å². The van der Waals surface area contributed by atoms with E-state index in [9.17, 15) is 14.0 Å². The van der Waals surface area contributed by atoms with Crippen LogP contribution in [0, 0.1) is 11.7 Å². The molecule has 7 heteroatoms. The number of ether oxygens (including phenoxy) is 1. The maximum absolute atomic E-state index is 14.0. The molecule has 1 saturated carbocycles. The van der Waals surface area contributed by atoms with Gasteiger partial charge in [0.05, 0.1) is 19.3 Å². The van der Waals surface area contributed by atoms with Crippen LogP contribution in [-0.4, -0.2) is 36.1 Å². The monoisotopic (exact) mass is 440 g/mol. The van der Waals surface area contributed by atoms with Crippen molar-refractivity contribution in [1.29, 1.82) is 0 Å². The zero-order chi connectivity index (χ0) is 21.6. The molecular formula is C24H25FN2O3S. The number of methoxy groups -OCH3 is 1. The van der Waals surface area contributed by atoms with Crippen molar-refractivity contribution in [1.82, 2.24) is 4.90 Å². The molecule has 2 fully saturated rings. The molecule has 5 nitrogen and oxygen atoms in total. The van der Waals surface area contributed by atoms with Crippen molar-refractivity contribution in [3.8, 4) is 5.75 Å². The summed E-state index contributed by atoms with van der Waals surface area (Å²) < 4.78 is 19.2. The minimum absolute atomic E-state index is 0.00491. The van der Waals surface area contributed by atoms with Crippen LogP contribution in [0.1, 0.15) is 36.8 Å². The fourth-order valence-electron chi connectivity index (χ4n) is 5.11. The normalized spacial score (nSPS) is 23.1. The number of halogens is 1. The lowest BCUT2D eigenvalue weighted by Crippen LogP contribution is -2.51. The topological polar surface area (TPSA) is 49.9 Å². The Balaban J connectivity index is 1.59. The van der Waals surface area contributed by atoms with Crippen LogP contribution in [0.25, 0.3) is 0 Å². The number of benzene rings is 2. The Kier molecular flexibility index (Phi) is 5.16. The molecule has 2 amide bonds. The van der Waals surface area contributed by atoms with Crippen molar-refractivity contribution in [2.24, 2.45) is 5.92 Å². The van der Waals surface area contributed by atoms with E-state index < -0.39 is 4.87 Å². The molecule has 1 atom stereocenters. The predicted octanol–water partition coefficient (Wildman–Crippen LogP) is 4.30. The molecule has 0 unspecified atom stereocenters. The zero-order valence-corrected chi connectivity index (χ0v) is 18.3. The lowest BCUT2D eigenvalue weighted by molar-refractivity contribution is -0.143. The van der Waals surface area contributed by atoms with Crippen molar-refractivity contribution in [3.63, 3.8) is 0 Å². The Hall–Kier alpha value is -2.54. The summed E-state index contributed by atoms with van der Waals surface area (Å²) in [4.78, 5) is 29.9.